The van der Waals surface area contributed by atoms with E-state index in [1.165, 1.54) is 12.8 Å². The molecule has 0 radical (unpaired) electrons. The number of halogens is 1. The molecule has 6 heteroatoms. The molecule has 1 aromatic rings. The summed E-state index contributed by atoms with van der Waals surface area (Å²) in [5, 5.41) is 6.90. The molecule has 1 aliphatic heterocycles. The number of hydrogen-bond donors (Lipinski definition) is 2. The van der Waals surface area contributed by atoms with Gasteiger partial charge in [0, 0.05) is 12.6 Å². The Morgan fingerprint density at radius 3 is 2.71 bits per heavy atom. The standard InChI is InChI=1S/C18H28N4O.HI/c1-2-19-18(21-15-8-3-4-9-15)20-14-16(17-10-7-13-23-17)22-11-5-6-12-22;/h3-4,7,10,13,15-16H,2,5-6,8-9,11-12,14H2,1H3,(H2,19,20,21);1H. The summed E-state index contributed by atoms with van der Waals surface area (Å²) in [6.07, 6.45) is 10.9. The minimum absolute atomic E-state index is 0. The van der Waals surface area contributed by atoms with Gasteiger partial charge in [-0.3, -0.25) is 9.89 Å². The van der Waals surface area contributed by atoms with Crippen LogP contribution in [0.15, 0.2) is 40.0 Å². The van der Waals surface area contributed by atoms with Gasteiger partial charge in [-0.1, -0.05) is 12.2 Å². The van der Waals surface area contributed by atoms with Crippen LogP contribution < -0.4 is 10.6 Å². The molecule has 0 bridgehead atoms. The van der Waals surface area contributed by atoms with Crippen molar-refractivity contribution in [3.05, 3.63) is 36.3 Å². The van der Waals surface area contributed by atoms with Crippen molar-refractivity contribution in [3.8, 4) is 0 Å². The van der Waals surface area contributed by atoms with Crippen LogP contribution in [0, 0.1) is 0 Å². The number of nitrogens with one attached hydrogen (secondary N) is 2. The summed E-state index contributed by atoms with van der Waals surface area (Å²) in [7, 11) is 0. The molecule has 1 fully saturated rings. The lowest BCUT2D eigenvalue weighted by Gasteiger charge is -2.25. The average molecular weight is 444 g/mol. The Bertz CT molecular complexity index is 515. The molecule has 5 nitrogen and oxygen atoms in total. The fourth-order valence-corrected chi connectivity index (χ4v) is 3.35. The molecule has 0 saturated carbocycles. The van der Waals surface area contributed by atoms with Crippen LogP contribution >= 0.6 is 24.0 Å². The molecule has 1 atom stereocenters. The first-order valence-corrected chi connectivity index (χ1v) is 8.84. The first-order valence-electron chi connectivity index (χ1n) is 8.84. The minimum atomic E-state index is 0. The van der Waals surface area contributed by atoms with E-state index in [-0.39, 0.29) is 30.0 Å². The topological polar surface area (TPSA) is 52.8 Å². The van der Waals surface area contributed by atoms with E-state index in [9.17, 15) is 0 Å². The van der Waals surface area contributed by atoms with Crippen molar-refractivity contribution in [1.82, 2.24) is 15.5 Å². The van der Waals surface area contributed by atoms with Gasteiger partial charge in [-0.25, -0.2) is 0 Å². The molecule has 1 unspecified atom stereocenters. The Labute approximate surface area is 162 Å². The SMILES string of the molecule is CCNC(=NCC(c1ccco1)N1CCCC1)NC1CC=CC1.I. The third-order valence-corrected chi connectivity index (χ3v) is 4.57. The van der Waals surface area contributed by atoms with E-state index < -0.39 is 0 Å². The summed E-state index contributed by atoms with van der Waals surface area (Å²) in [5.74, 6) is 1.94. The number of furan rings is 1. The van der Waals surface area contributed by atoms with E-state index in [0.717, 1.165) is 50.7 Å². The van der Waals surface area contributed by atoms with Crippen LogP contribution in [0.1, 0.15) is 44.4 Å². The van der Waals surface area contributed by atoms with Gasteiger partial charge < -0.3 is 15.1 Å². The van der Waals surface area contributed by atoms with Crippen LogP contribution in [0.3, 0.4) is 0 Å². The normalized spacial score (nSPS) is 20.1. The Hall–Kier alpha value is -1.02. The first kappa shape index (κ1) is 19.3. The summed E-state index contributed by atoms with van der Waals surface area (Å²) in [6.45, 7) is 5.98. The summed E-state index contributed by atoms with van der Waals surface area (Å²) in [6, 6.07) is 4.75. The Kier molecular flexibility index (Phi) is 8.11. The van der Waals surface area contributed by atoms with Gasteiger partial charge in [-0.05, 0) is 57.8 Å². The maximum Gasteiger partial charge on any atom is 0.191 e. The predicted molar refractivity (Wildman–Crippen MR) is 109 cm³/mol. The van der Waals surface area contributed by atoms with Crippen molar-refractivity contribution in [2.75, 3.05) is 26.2 Å². The smallest absolute Gasteiger partial charge is 0.191 e. The quantitative estimate of drug-likeness (QED) is 0.306. The third-order valence-electron chi connectivity index (χ3n) is 4.57. The number of hydrogen-bond acceptors (Lipinski definition) is 3. The van der Waals surface area contributed by atoms with Crippen LogP contribution in [-0.4, -0.2) is 43.1 Å². The summed E-state index contributed by atoms with van der Waals surface area (Å²) >= 11 is 0. The molecule has 0 aromatic carbocycles. The van der Waals surface area contributed by atoms with Gasteiger partial charge in [0.15, 0.2) is 5.96 Å². The van der Waals surface area contributed by atoms with Gasteiger partial charge in [-0.2, -0.15) is 0 Å². The lowest BCUT2D eigenvalue weighted by atomic mass is 10.2. The average Bonchev–Trinajstić information content (AvgIpc) is 3.32. The Morgan fingerprint density at radius 1 is 1.33 bits per heavy atom. The molecule has 2 N–H and O–H groups in total. The fraction of sp³-hybridized carbons (Fsp3) is 0.611. The van der Waals surface area contributed by atoms with Gasteiger partial charge in [0.25, 0.3) is 0 Å². The van der Waals surface area contributed by atoms with E-state index in [1.807, 2.05) is 6.07 Å². The van der Waals surface area contributed by atoms with Crippen molar-refractivity contribution in [2.45, 2.75) is 44.7 Å². The Morgan fingerprint density at radius 2 is 2.08 bits per heavy atom. The largest absolute Gasteiger partial charge is 0.468 e. The molecular weight excluding hydrogens is 415 g/mol. The second kappa shape index (κ2) is 10.1. The number of aliphatic imine (C=N–C) groups is 1. The number of nitrogens with zero attached hydrogens (tertiary/aromatic N) is 2. The molecule has 1 aliphatic carbocycles. The van der Waals surface area contributed by atoms with Crippen molar-refractivity contribution in [3.63, 3.8) is 0 Å². The van der Waals surface area contributed by atoms with E-state index in [1.54, 1.807) is 6.26 Å². The number of guanidine groups is 1. The van der Waals surface area contributed by atoms with Gasteiger partial charge in [0.1, 0.15) is 5.76 Å². The number of likely N-dealkylation sites (tertiary alicyclic amines) is 1. The zero-order chi connectivity index (χ0) is 15.9. The maximum absolute atomic E-state index is 5.67. The zero-order valence-corrected chi connectivity index (χ0v) is 16.7. The second-order valence-corrected chi connectivity index (χ2v) is 6.28. The molecule has 1 aromatic heterocycles. The highest BCUT2D eigenvalue weighted by molar-refractivity contribution is 14.0. The lowest BCUT2D eigenvalue weighted by Crippen LogP contribution is -2.43. The zero-order valence-electron chi connectivity index (χ0n) is 14.4. The van der Waals surface area contributed by atoms with Crippen LogP contribution in [0.5, 0.6) is 0 Å². The van der Waals surface area contributed by atoms with Crippen LogP contribution in [0.25, 0.3) is 0 Å². The molecular formula is C18H29IN4O. The molecule has 0 spiro atoms. The highest BCUT2D eigenvalue weighted by atomic mass is 127. The molecule has 3 rings (SSSR count). The first-order chi connectivity index (χ1) is 11.4. The fourth-order valence-electron chi connectivity index (χ4n) is 3.35. The van der Waals surface area contributed by atoms with Crippen molar-refractivity contribution in [1.29, 1.82) is 0 Å². The molecule has 24 heavy (non-hydrogen) atoms. The monoisotopic (exact) mass is 444 g/mol. The highest BCUT2D eigenvalue weighted by Gasteiger charge is 2.25. The summed E-state index contributed by atoms with van der Waals surface area (Å²) in [4.78, 5) is 7.33. The van der Waals surface area contributed by atoms with E-state index in [4.69, 9.17) is 9.41 Å². The van der Waals surface area contributed by atoms with E-state index in [0.29, 0.717) is 6.04 Å². The summed E-state index contributed by atoms with van der Waals surface area (Å²) in [5.41, 5.74) is 0. The number of rotatable bonds is 6. The van der Waals surface area contributed by atoms with Crippen molar-refractivity contribution < 1.29 is 4.42 Å². The second-order valence-electron chi connectivity index (χ2n) is 6.28. The molecule has 1 saturated heterocycles. The van der Waals surface area contributed by atoms with Gasteiger partial charge in [0.2, 0.25) is 0 Å². The molecule has 2 aliphatic rings. The predicted octanol–water partition coefficient (Wildman–Crippen LogP) is 3.31. The lowest BCUT2D eigenvalue weighted by molar-refractivity contribution is 0.221. The maximum atomic E-state index is 5.67. The molecule has 0 amide bonds. The van der Waals surface area contributed by atoms with Crippen molar-refractivity contribution >= 4 is 29.9 Å². The van der Waals surface area contributed by atoms with Crippen LogP contribution in [0.2, 0.25) is 0 Å². The van der Waals surface area contributed by atoms with Gasteiger partial charge >= 0.3 is 0 Å². The van der Waals surface area contributed by atoms with E-state index in [2.05, 4.69) is 40.7 Å². The van der Waals surface area contributed by atoms with E-state index >= 15 is 0 Å². The minimum Gasteiger partial charge on any atom is -0.468 e. The molecule has 134 valence electrons. The highest BCUT2D eigenvalue weighted by Crippen LogP contribution is 2.25. The Balaban J connectivity index is 0.00000208. The summed E-state index contributed by atoms with van der Waals surface area (Å²) < 4.78 is 5.67. The third kappa shape index (κ3) is 5.24. The van der Waals surface area contributed by atoms with Crippen LogP contribution in [0.4, 0.5) is 0 Å². The van der Waals surface area contributed by atoms with Crippen LogP contribution in [-0.2, 0) is 0 Å². The molecule has 2 heterocycles. The van der Waals surface area contributed by atoms with Crippen molar-refractivity contribution in [2.24, 2.45) is 4.99 Å². The van der Waals surface area contributed by atoms with Gasteiger partial charge in [-0.15, -0.1) is 24.0 Å². The van der Waals surface area contributed by atoms with Gasteiger partial charge in [0.05, 0.1) is 18.8 Å².